The molecule has 134 valence electrons. The maximum absolute atomic E-state index is 12.3. The predicted molar refractivity (Wildman–Crippen MR) is 95.7 cm³/mol. The van der Waals surface area contributed by atoms with Gasteiger partial charge in [-0.1, -0.05) is 85.0 Å². The first-order chi connectivity index (χ1) is 10.6. The summed E-state index contributed by atoms with van der Waals surface area (Å²) in [5.41, 5.74) is 0. The predicted octanol–water partition coefficient (Wildman–Crippen LogP) is 5.83. The summed E-state index contributed by atoms with van der Waals surface area (Å²) in [5.74, 6) is 0. The van der Waals surface area contributed by atoms with E-state index in [1.165, 1.54) is 25.7 Å². The van der Waals surface area contributed by atoms with Gasteiger partial charge in [-0.05, 0) is 19.3 Å². The van der Waals surface area contributed by atoms with Gasteiger partial charge in [-0.2, -0.15) is 8.42 Å². The van der Waals surface area contributed by atoms with Crippen LogP contribution in [0.15, 0.2) is 0 Å². The van der Waals surface area contributed by atoms with Crippen molar-refractivity contribution >= 4 is 10.1 Å². The lowest BCUT2D eigenvalue weighted by atomic mass is 10.0. The molecule has 0 aliphatic carbocycles. The van der Waals surface area contributed by atoms with E-state index in [-0.39, 0.29) is 5.25 Å². The topological polar surface area (TPSA) is 43.4 Å². The number of unbranched alkanes of at least 4 members (excludes halogenated alkanes) is 8. The Morgan fingerprint density at radius 3 is 1.73 bits per heavy atom. The maximum atomic E-state index is 12.3. The molecule has 0 aliphatic rings. The summed E-state index contributed by atoms with van der Waals surface area (Å²) in [7, 11) is -3.37. The molecule has 0 amide bonds. The first-order valence-corrected chi connectivity index (χ1v) is 10.9. The van der Waals surface area contributed by atoms with Crippen LogP contribution < -0.4 is 0 Å². The Hall–Kier alpha value is -0.0900. The molecule has 0 saturated carbocycles. The average molecular weight is 335 g/mol. The van der Waals surface area contributed by atoms with E-state index in [2.05, 4.69) is 13.8 Å². The Labute approximate surface area is 139 Å². The molecular formula is C18H38O3S. The standard InChI is InChI=1S/C18H38O3S/c1-4-7-10-11-12-14-16-18(15-13-8-5-2)22(19,20)21-17-9-6-3/h18H,4-17H2,1-3H3. The SMILES string of the molecule is CCCCCCCCC(CCCCC)S(=O)(=O)OCCCC. The minimum absolute atomic E-state index is 0.290. The van der Waals surface area contributed by atoms with Crippen molar-refractivity contribution in [3.05, 3.63) is 0 Å². The van der Waals surface area contributed by atoms with Gasteiger partial charge in [0.15, 0.2) is 0 Å². The largest absolute Gasteiger partial charge is 0.270 e. The van der Waals surface area contributed by atoms with Crippen molar-refractivity contribution in [1.29, 1.82) is 0 Å². The van der Waals surface area contributed by atoms with Crippen LogP contribution >= 0.6 is 0 Å². The van der Waals surface area contributed by atoms with Crippen molar-refractivity contribution < 1.29 is 12.6 Å². The summed E-state index contributed by atoms with van der Waals surface area (Å²) in [5, 5.41) is -0.290. The van der Waals surface area contributed by atoms with Gasteiger partial charge in [0, 0.05) is 0 Å². The second-order valence-corrected chi connectivity index (χ2v) is 8.23. The van der Waals surface area contributed by atoms with Crippen LogP contribution in [-0.2, 0) is 14.3 Å². The molecule has 1 atom stereocenters. The van der Waals surface area contributed by atoms with Crippen molar-refractivity contribution in [2.75, 3.05) is 6.61 Å². The van der Waals surface area contributed by atoms with Crippen LogP contribution in [0.4, 0.5) is 0 Å². The molecule has 0 spiro atoms. The van der Waals surface area contributed by atoms with E-state index in [1.54, 1.807) is 0 Å². The molecule has 0 fully saturated rings. The first-order valence-electron chi connectivity index (χ1n) is 9.46. The molecule has 0 aromatic heterocycles. The van der Waals surface area contributed by atoms with Gasteiger partial charge in [0.2, 0.25) is 0 Å². The minimum atomic E-state index is -3.37. The third-order valence-electron chi connectivity index (χ3n) is 4.16. The van der Waals surface area contributed by atoms with Crippen LogP contribution in [0.5, 0.6) is 0 Å². The zero-order chi connectivity index (χ0) is 16.7. The summed E-state index contributed by atoms with van der Waals surface area (Å²) >= 11 is 0. The summed E-state index contributed by atoms with van der Waals surface area (Å²) < 4.78 is 29.9. The summed E-state index contributed by atoms with van der Waals surface area (Å²) in [6, 6.07) is 0. The molecule has 0 N–H and O–H groups in total. The molecule has 0 aliphatic heterocycles. The number of hydrogen-bond donors (Lipinski definition) is 0. The van der Waals surface area contributed by atoms with Gasteiger partial charge in [-0.25, -0.2) is 0 Å². The van der Waals surface area contributed by atoms with Crippen LogP contribution in [-0.4, -0.2) is 20.3 Å². The van der Waals surface area contributed by atoms with Gasteiger partial charge in [0.25, 0.3) is 10.1 Å². The highest BCUT2D eigenvalue weighted by atomic mass is 32.2. The van der Waals surface area contributed by atoms with Gasteiger partial charge in [-0.3, -0.25) is 4.18 Å². The van der Waals surface area contributed by atoms with Crippen molar-refractivity contribution in [3.8, 4) is 0 Å². The fourth-order valence-electron chi connectivity index (χ4n) is 2.62. The van der Waals surface area contributed by atoms with Gasteiger partial charge >= 0.3 is 0 Å². The summed E-state index contributed by atoms with van der Waals surface area (Å²) in [4.78, 5) is 0. The lowest BCUT2D eigenvalue weighted by Crippen LogP contribution is -2.24. The third-order valence-corrected chi connectivity index (χ3v) is 5.95. The number of rotatable bonds is 16. The van der Waals surface area contributed by atoms with Crippen LogP contribution in [0.1, 0.15) is 104 Å². The van der Waals surface area contributed by atoms with Crippen LogP contribution in [0.25, 0.3) is 0 Å². The monoisotopic (exact) mass is 334 g/mol. The second kappa shape index (κ2) is 14.5. The van der Waals surface area contributed by atoms with Gasteiger partial charge in [0.05, 0.1) is 11.9 Å². The highest BCUT2D eigenvalue weighted by Crippen LogP contribution is 2.20. The van der Waals surface area contributed by atoms with Crippen molar-refractivity contribution in [3.63, 3.8) is 0 Å². The second-order valence-electron chi connectivity index (χ2n) is 6.34. The lowest BCUT2D eigenvalue weighted by Gasteiger charge is -2.17. The minimum Gasteiger partial charge on any atom is -0.270 e. The molecule has 0 rings (SSSR count). The van der Waals surface area contributed by atoms with Gasteiger partial charge in [0.1, 0.15) is 0 Å². The zero-order valence-corrected chi connectivity index (χ0v) is 15.9. The first kappa shape index (κ1) is 21.9. The maximum Gasteiger partial charge on any atom is 0.270 e. The normalized spacial score (nSPS) is 13.4. The van der Waals surface area contributed by atoms with E-state index >= 15 is 0 Å². The van der Waals surface area contributed by atoms with Crippen molar-refractivity contribution in [1.82, 2.24) is 0 Å². The molecule has 0 heterocycles. The highest BCUT2D eigenvalue weighted by molar-refractivity contribution is 7.87. The van der Waals surface area contributed by atoms with Crippen LogP contribution in [0.3, 0.4) is 0 Å². The molecule has 0 bridgehead atoms. The molecular weight excluding hydrogens is 296 g/mol. The average Bonchev–Trinajstić information content (AvgIpc) is 2.49. The van der Waals surface area contributed by atoms with Crippen molar-refractivity contribution in [2.24, 2.45) is 0 Å². The number of hydrogen-bond acceptors (Lipinski definition) is 3. The van der Waals surface area contributed by atoms with E-state index < -0.39 is 10.1 Å². The Morgan fingerprint density at radius 2 is 1.14 bits per heavy atom. The Kier molecular flexibility index (Phi) is 14.4. The summed E-state index contributed by atoms with van der Waals surface area (Å²) in [6.07, 6.45) is 13.7. The highest BCUT2D eigenvalue weighted by Gasteiger charge is 2.25. The van der Waals surface area contributed by atoms with Crippen molar-refractivity contribution in [2.45, 2.75) is 109 Å². The Balaban J connectivity index is 4.22. The fraction of sp³-hybridized carbons (Fsp3) is 1.00. The zero-order valence-electron chi connectivity index (χ0n) is 15.1. The third kappa shape index (κ3) is 11.5. The van der Waals surface area contributed by atoms with E-state index in [1.807, 2.05) is 6.92 Å². The van der Waals surface area contributed by atoms with Gasteiger partial charge < -0.3 is 0 Å². The Morgan fingerprint density at radius 1 is 0.682 bits per heavy atom. The van der Waals surface area contributed by atoms with E-state index in [9.17, 15) is 8.42 Å². The summed E-state index contributed by atoms with van der Waals surface area (Å²) in [6.45, 7) is 6.75. The van der Waals surface area contributed by atoms with E-state index in [4.69, 9.17) is 4.18 Å². The van der Waals surface area contributed by atoms with E-state index in [0.29, 0.717) is 6.61 Å². The quantitative estimate of drug-likeness (QED) is 0.263. The molecule has 0 aromatic rings. The molecule has 1 unspecified atom stereocenters. The fourth-order valence-corrected chi connectivity index (χ4v) is 4.08. The lowest BCUT2D eigenvalue weighted by molar-refractivity contribution is 0.300. The molecule has 4 heteroatoms. The molecule has 0 saturated heterocycles. The molecule has 0 aromatic carbocycles. The smallest absolute Gasteiger partial charge is 0.270 e. The molecule has 3 nitrogen and oxygen atoms in total. The Bertz CT molecular complexity index is 325. The molecule has 0 radical (unpaired) electrons. The van der Waals surface area contributed by atoms with E-state index in [0.717, 1.165) is 57.8 Å². The van der Waals surface area contributed by atoms with Crippen LogP contribution in [0, 0.1) is 0 Å². The molecule has 22 heavy (non-hydrogen) atoms. The van der Waals surface area contributed by atoms with Gasteiger partial charge in [-0.15, -0.1) is 0 Å². The van der Waals surface area contributed by atoms with Crippen LogP contribution in [0.2, 0.25) is 0 Å².